The zero-order valence-electron chi connectivity index (χ0n) is 20.3. The van der Waals surface area contributed by atoms with Crippen LogP contribution in [0.3, 0.4) is 0 Å². The number of carbonyl (C=O) groups excluding carboxylic acids is 2. The molecule has 0 saturated carbocycles. The second-order valence-electron chi connectivity index (χ2n) is 8.17. The monoisotopic (exact) mass is 607 g/mol. The van der Waals surface area contributed by atoms with Gasteiger partial charge in [-0.2, -0.15) is 0 Å². The van der Waals surface area contributed by atoms with E-state index in [4.69, 9.17) is 4.74 Å². The SMILES string of the molecule is CCn1c(CNC(=O)Cc2ccc(OC)cc2)nnc1SCC(=O)Nc1ccc(I)cc1C(C)C. The summed E-state index contributed by atoms with van der Waals surface area (Å²) in [6, 6.07) is 13.4. The van der Waals surface area contributed by atoms with Crippen molar-refractivity contribution in [1.29, 1.82) is 0 Å². The molecule has 0 aliphatic carbocycles. The Morgan fingerprint density at radius 3 is 2.51 bits per heavy atom. The fourth-order valence-electron chi connectivity index (χ4n) is 3.48. The Morgan fingerprint density at radius 1 is 1.11 bits per heavy atom. The molecule has 1 heterocycles. The molecular weight excluding hydrogens is 577 g/mol. The Balaban J connectivity index is 1.54. The Labute approximate surface area is 223 Å². The first kappa shape index (κ1) is 27.0. The predicted octanol–water partition coefficient (Wildman–Crippen LogP) is 4.62. The molecule has 0 saturated heterocycles. The molecule has 0 aliphatic rings. The summed E-state index contributed by atoms with van der Waals surface area (Å²) in [5.41, 5.74) is 2.85. The fourth-order valence-corrected chi connectivity index (χ4v) is 4.82. The standard InChI is InChI=1S/C25H30IN5O3S/c1-5-31-22(14-27-23(32)12-17-6-9-19(34-4)10-7-17)29-30-25(31)35-15-24(33)28-21-11-8-18(26)13-20(21)16(2)3/h6-11,13,16H,5,12,14-15H2,1-4H3,(H,27,32)(H,28,33). The van der Waals surface area contributed by atoms with Gasteiger partial charge < -0.3 is 19.9 Å². The number of halogens is 1. The van der Waals surface area contributed by atoms with Crippen molar-refractivity contribution in [2.75, 3.05) is 18.2 Å². The Bertz CT molecular complexity index is 1160. The van der Waals surface area contributed by atoms with Crippen LogP contribution in [0.4, 0.5) is 5.69 Å². The molecule has 0 aliphatic heterocycles. The number of nitrogens with zero attached hydrogens (tertiary/aromatic N) is 3. The minimum absolute atomic E-state index is 0.0990. The van der Waals surface area contributed by atoms with Crippen molar-refractivity contribution in [3.05, 3.63) is 63.0 Å². The van der Waals surface area contributed by atoms with Gasteiger partial charge in [0.25, 0.3) is 0 Å². The van der Waals surface area contributed by atoms with Gasteiger partial charge in [0, 0.05) is 15.8 Å². The lowest BCUT2D eigenvalue weighted by molar-refractivity contribution is -0.120. The normalized spacial score (nSPS) is 10.9. The van der Waals surface area contributed by atoms with E-state index < -0.39 is 0 Å². The van der Waals surface area contributed by atoms with Crippen LogP contribution in [0.25, 0.3) is 0 Å². The van der Waals surface area contributed by atoms with E-state index in [1.165, 1.54) is 11.8 Å². The second-order valence-corrected chi connectivity index (χ2v) is 10.4. The highest BCUT2D eigenvalue weighted by Crippen LogP contribution is 2.27. The molecule has 0 unspecified atom stereocenters. The number of benzene rings is 2. The molecule has 186 valence electrons. The van der Waals surface area contributed by atoms with Crippen LogP contribution in [0, 0.1) is 3.57 Å². The van der Waals surface area contributed by atoms with E-state index in [1.54, 1.807) is 7.11 Å². The molecule has 0 bridgehead atoms. The third-order valence-electron chi connectivity index (χ3n) is 5.32. The van der Waals surface area contributed by atoms with E-state index in [0.29, 0.717) is 23.4 Å². The van der Waals surface area contributed by atoms with Crippen LogP contribution >= 0.6 is 34.4 Å². The van der Waals surface area contributed by atoms with Crippen molar-refractivity contribution in [3.63, 3.8) is 0 Å². The molecule has 2 amide bonds. The number of rotatable bonds is 11. The molecule has 10 heteroatoms. The van der Waals surface area contributed by atoms with Crippen LogP contribution < -0.4 is 15.4 Å². The maximum atomic E-state index is 12.6. The molecule has 2 N–H and O–H groups in total. The van der Waals surface area contributed by atoms with E-state index in [2.05, 4.69) is 63.3 Å². The average molecular weight is 608 g/mol. The van der Waals surface area contributed by atoms with Gasteiger partial charge in [-0.25, -0.2) is 0 Å². The summed E-state index contributed by atoms with van der Waals surface area (Å²) in [6.45, 7) is 7.10. The maximum Gasteiger partial charge on any atom is 0.234 e. The van der Waals surface area contributed by atoms with Crippen molar-refractivity contribution in [2.45, 2.75) is 51.4 Å². The van der Waals surface area contributed by atoms with E-state index in [1.807, 2.05) is 47.9 Å². The zero-order valence-corrected chi connectivity index (χ0v) is 23.3. The number of aromatic nitrogens is 3. The molecular formula is C25H30IN5O3S. The van der Waals surface area contributed by atoms with Crippen LogP contribution in [-0.2, 0) is 29.1 Å². The minimum Gasteiger partial charge on any atom is -0.497 e. The van der Waals surface area contributed by atoms with Gasteiger partial charge in [-0.3, -0.25) is 9.59 Å². The van der Waals surface area contributed by atoms with Crippen LogP contribution in [0.5, 0.6) is 5.75 Å². The lowest BCUT2D eigenvalue weighted by atomic mass is 10.0. The van der Waals surface area contributed by atoms with E-state index in [9.17, 15) is 9.59 Å². The van der Waals surface area contributed by atoms with Gasteiger partial charge in [0.05, 0.1) is 25.8 Å². The number of nitrogens with one attached hydrogen (secondary N) is 2. The third kappa shape index (κ3) is 7.69. The summed E-state index contributed by atoms with van der Waals surface area (Å²) in [4.78, 5) is 25.0. The van der Waals surface area contributed by atoms with Gasteiger partial charge in [0.1, 0.15) is 5.75 Å². The third-order valence-corrected chi connectivity index (χ3v) is 6.96. The smallest absolute Gasteiger partial charge is 0.234 e. The molecule has 3 aromatic rings. The van der Waals surface area contributed by atoms with Crippen LogP contribution in [-0.4, -0.2) is 39.4 Å². The first-order valence-electron chi connectivity index (χ1n) is 11.3. The molecule has 0 radical (unpaired) electrons. The predicted molar refractivity (Wildman–Crippen MR) is 147 cm³/mol. The Kier molecular flexibility index (Phi) is 9.96. The van der Waals surface area contributed by atoms with E-state index in [-0.39, 0.29) is 30.5 Å². The summed E-state index contributed by atoms with van der Waals surface area (Å²) in [7, 11) is 1.61. The number of hydrogen-bond acceptors (Lipinski definition) is 6. The largest absolute Gasteiger partial charge is 0.497 e. The maximum absolute atomic E-state index is 12.6. The highest BCUT2D eigenvalue weighted by Gasteiger charge is 2.16. The van der Waals surface area contributed by atoms with E-state index in [0.717, 1.165) is 26.1 Å². The van der Waals surface area contributed by atoms with Crippen LogP contribution in [0.1, 0.15) is 43.6 Å². The van der Waals surface area contributed by atoms with Crippen molar-refractivity contribution in [3.8, 4) is 5.75 Å². The first-order chi connectivity index (χ1) is 16.8. The highest BCUT2D eigenvalue weighted by molar-refractivity contribution is 14.1. The number of amides is 2. The summed E-state index contributed by atoms with van der Waals surface area (Å²) in [5, 5.41) is 15.0. The van der Waals surface area contributed by atoms with Gasteiger partial charge in [0.15, 0.2) is 11.0 Å². The number of thioether (sulfide) groups is 1. The number of carbonyl (C=O) groups is 2. The van der Waals surface area contributed by atoms with Crippen molar-refractivity contribution >= 4 is 51.9 Å². The lowest BCUT2D eigenvalue weighted by Gasteiger charge is -2.14. The quantitative estimate of drug-likeness (QED) is 0.244. The number of anilines is 1. The summed E-state index contributed by atoms with van der Waals surface area (Å²) in [5.74, 6) is 1.72. The Hall–Kier alpha value is -2.60. The molecule has 0 fully saturated rings. The summed E-state index contributed by atoms with van der Waals surface area (Å²) < 4.78 is 8.19. The molecule has 8 nitrogen and oxygen atoms in total. The van der Waals surface area contributed by atoms with Gasteiger partial charge in [-0.05, 0) is 76.9 Å². The van der Waals surface area contributed by atoms with Gasteiger partial charge in [-0.15, -0.1) is 10.2 Å². The fraction of sp³-hybridized carbons (Fsp3) is 0.360. The second kappa shape index (κ2) is 12.9. The van der Waals surface area contributed by atoms with Crippen molar-refractivity contribution in [1.82, 2.24) is 20.1 Å². The average Bonchev–Trinajstić information content (AvgIpc) is 3.24. The van der Waals surface area contributed by atoms with Gasteiger partial charge in [-0.1, -0.05) is 37.7 Å². The van der Waals surface area contributed by atoms with Crippen molar-refractivity contribution in [2.24, 2.45) is 0 Å². The molecule has 2 aromatic carbocycles. The molecule has 3 rings (SSSR count). The minimum atomic E-state index is -0.104. The van der Waals surface area contributed by atoms with Crippen LogP contribution in [0.15, 0.2) is 47.6 Å². The number of methoxy groups -OCH3 is 1. The summed E-state index contributed by atoms with van der Waals surface area (Å²) in [6.07, 6.45) is 0.267. The van der Waals surface area contributed by atoms with Gasteiger partial charge >= 0.3 is 0 Å². The highest BCUT2D eigenvalue weighted by atomic mass is 127. The number of ether oxygens (including phenoxy) is 1. The summed E-state index contributed by atoms with van der Waals surface area (Å²) >= 11 is 3.61. The van der Waals surface area contributed by atoms with Gasteiger partial charge in [0.2, 0.25) is 11.8 Å². The van der Waals surface area contributed by atoms with Crippen molar-refractivity contribution < 1.29 is 14.3 Å². The number of hydrogen-bond donors (Lipinski definition) is 2. The van der Waals surface area contributed by atoms with Crippen LogP contribution in [0.2, 0.25) is 0 Å². The zero-order chi connectivity index (χ0) is 25.4. The molecule has 0 spiro atoms. The molecule has 1 aromatic heterocycles. The molecule has 0 atom stereocenters. The molecule has 35 heavy (non-hydrogen) atoms. The topological polar surface area (TPSA) is 98.1 Å². The van der Waals surface area contributed by atoms with E-state index >= 15 is 0 Å². The Morgan fingerprint density at radius 2 is 1.86 bits per heavy atom. The lowest BCUT2D eigenvalue weighted by Crippen LogP contribution is -2.26. The first-order valence-corrected chi connectivity index (χ1v) is 13.4.